The van der Waals surface area contributed by atoms with Gasteiger partial charge in [-0.2, -0.15) is 23.3 Å². The highest BCUT2D eigenvalue weighted by Crippen LogP contribution is 2.39. The highest BCUT2D eigenvalue weighted by atomic mass is 35.5. The number of nitrogens with one attached hydrogen (secondary N) is 2. The lowest BCUT2D eigenvalue weighted by molar-refractivity contribution is -0.137. The summed E-state index contributed by atoms with van der Waals surface area (Å²) in [5.41, 5.74) is 0.629. The fourth-order valence-corrected chi connectivity index (χ4v) is 5.10. The van der Waals surface area contributed by atoms with Gasteiger partial charge in [0.2, 0.25) is 5.95 Å². The Kier molecular flexibility index (Phi) is 6.74. The Morgan fingerprint density at radius 3 is 2.63 bits per heavy atom. The van der Waals surface area contributed by atoms with Gasteiger partial charge in [0.05, 0.1) is 18.0 Å². The Labute approximate surface area is 236 Å². The van der Waals surface area contributed by atoms with Crippen molar-refractivity contribution in [2.75, 3.05) is 37.8 Å². The average Bonchev–Trinajstić information content (AvgIpc) is 3.62. The predicted molar refractivity (Wildman–Crippen MR) is 147 cm³/mol. The Morgan fingerprint density at radius 2 is 1.90 bits per heavy atom. The van der Waals surface area contributed by atoms with Crippen LogP contribution >= 0.6 is 11.6 Å². The summed E-state index contributed by atoms with van der Waals surface area (Å²) in [6.07, 6.45) is 2.22. The fraction of sp³-hybridized carbons (Fsp3) is 0.308. The monoisotopic (exact) mass is 587 g/mol. The van der Waals surface area contributed by atoms with E-state index < -0.39 is 11.7 Å². The minimum absolute atomic E-state index is 0.122. The second kappa shape index (κ2) is 10.3. The van der Waals surface area contributed by atoms with Crippen LogP contribution in [0.4, 0.5) is 30.6 Å². The van der Waals surface area contributed by atoms with Crippen molar-refractivity contribution < 1.29 is 22.6 Å². The zero-order chi connectivity index (χ0) is 28.9. The van der Waals surface area contributed by atoms with Crippen molar-refractivity contribution in [3.8, 4) is 17.2 Å². The maximum Gasteiger partial charge on any atom is 0.416 e. The molecule has 11 nitrogen and oxygen atoms in total. The number of hydrogen-bond donors (Lipinski definition) is 2. The minimum atomic E-state index is -4.56. The van der Waals surface area contributed by atoms with E-state index in [4.69, 9.17) is 21.1 Å². The zero-order valence-electron chi connectivity index (χ0n) is 22.2. The highest BCUT2D eigenvalue weighted by Gasteiger charge is 2.32. The van der Waals surface area contributed by atoms with Crippen molar-refractivity contribution in [2.45, 2.75) is 18.7 Å². The number of fused-ring (bicyclic) bond motifs is 2. The number of hydrogen-bond acceptors (Lipinski definition) is 9. The topological polar surface area (TPSA) is 107 Å². The Bertz CT molecular complexity index is 1750. The number of aryl methyl sites for hydroxylation is 1. The van der Waals surface area contributed by atoms with Gasteiger partial charge >= 0.3 is 6.18 Å². The molecule has 0 unspecified atom stereocenters. The first-order chi connectivity index (χ1) is 19.6. The number of aromatic nitrogens is 6. The van der Waals surface area contributed by atoms with Gasteiger partial charge in [-0.25, -0.2) is 14.5 Å². The SMILES string of the molecule is CNc1nccn2ncc(Oc3cnc4nc(Nc5cc(O[C@@H]6CCN(C)C6)cc(C(F)(F)F)c5)n(C)c4c3Cl)c12. The molecule has 15 heteroatoms. The highest BCUT2D eigenvalue weighted by molar-refractivity contribution is 6.36. The van der Waals surface area contributed by atoms with Crippen LogP contribution in [0.3, 0.4) is 0 Å². The Morgan fingerprint density at radius 1 is 1.07 bits per heavy atom. The minimum Gasteiger partial charge on any atom is -0.489 e. The van der Waals surface area contributed by atoms with Crippen LogP contribution in [0.25, 0.3) is 16.7 Å². The van der Waals surface area contributed by atoms with Gasteiger partial charge in [0.1, 0.15) is 22.4 Å². The molecule has 0 bridgehead atoms. The zero-order valence-corrected chi connectivity index (χ0v) is 23.0. The number of pyridine rings is 1. The quantitative estimate of drug-likeness (QED) is 0.261. The first-order valence-electron chi connectivity index (χ1n) is 12.6. The summed E-state index contributed by atoms with van der Waals surface area (Å²) in [6, 6.07) is 3.54. The Balaban J connectivity index is 1.32. The number of imidazole rings is 1. The fourth-order valence-electron chi connectivity index (χ4n) is 4.80. The smallest absolute Gasteiger partial charge is 0.416 e. The molecule has 41 heavy (non-hydrogen) atoms. The largest absolute Gasteiger partial charge is 0.489 e. The summed E-state index contributed by atoms with van der Waals surface area (Å²) < 4.78 is 56.4. The predicted octanol–water partition coefficient (Wildman–Crippen LogP) is 5.34. The lowest BCUT2D eigenvalue weighted by atomic mass is 10.1. The average molecular weight is 588 g/mol. The maximum atomic E-state index is 13.7. The standard InChI is InChI=1S/C26H25ClF3N9O2/c1-31-23-21-19(12-34-39(21)7-5-32-23)41-18-11-33-24-22(20(18)27)38(3)25(36-24)35-15-8-14(26(28,29)30)9-17(10-15)40-16-4-6-37(2)13-16/h5,7-12,16H,4,6,13H2,1-3H3,(H,31,32)(H,33,35,36)/t16-/m1/s1. The van der Waals surface area contributed by atoms with Gasteiger partial charge in [0, 0.05) is 51.3 Å². The van der Waals surface area contributed by atoms with Crippen LogP contribution in [0.2, 0.25) is 5.02 Å². The van der Waals surface area contributed by atoms with E-state index in [2.05, 4.69) is 35.6 Å². The van der Waals surface area contributed by atoms with E-state index in [9.17, 15) is 13.2 Å². The van der Waals surface area contributed by atoms with Gasteiger partial charge < -0.3 is 29.6 Å². The molecule has 1 saturated heterocycles. The first-order valence-corrected chi connectivity index (χ1v) is 13.0. The van der Waals surface area contributed by atoms with Crippen molar-refractivity contribution in [3.05, 3.63) is 53.6 Å². The lowest BCUT2D eigenvalue weighted by Gasteiger charge is -2.17. The van der Waals surface area contributed by atoms with Crippen LogP contribution < -0.4 is 20.1 Å². The summed E-state index contributed by atoms with van der Waals surface area (Å²) in [7, 11) is 5.35. The second-order valence-corrected chi connectivity index (χ2v) is 10.1. The third-order valence-electron chi connectivity index (χ3n) is 6.80. The molecule has 0 amide bonds. The molecule has 1 aliphatic rings. The van der Waals surface area contributed by atoms with Crippen LogP contribution in [-0.2, 0) is 13.2 Å². The second-order valence-electron chi connectivity index (χ2n) is 9.69. The summed E-state index contributed by atoms with van der Waals surface area (Å²) >= 11 is 6.74. The number of halogens is 4. The number of ether oxygens (including phenoxy) is 2. The van der Waals surface area contributed by atoms with E-state index in [1.807, 2.05) is 7.05 Å². The molecular formula is C26H25ClF3N9O2. The lowest BCUT2D eigenvalue weighted by Crippen LogP contribution is -2.21. The third kappa shape index (κ3) is 5.15. The molecule has 5 aromatic rings. The van der Waals surface area contributed by atoms with Gasteiger partial charge in [-0.15, -0.1) is 0 Å². The Hall–Kier alpha value is -4.30. The molecule has 2 N–H and O–H groups in total. The van der Waals surface area contributed by atoms with Crippen molar-refractivity contribution in [1.29, 1.82) is 0 Å². The van der Waals surface area contributed by atoms with Crippen LogP contribution in [0.1, 0.15) is 12.0 Å². The third-order valence-corrected chi connectivity index (χ3v) is 7.17. The molecule has 0 saturated carbocycles. The molecule has 0 aliphatic carbocycles. The number of nitrogens with zero attached hydrogens (tertiary/aromatic N) is 7. The van der Waals surface area contributed by atoms with E-state index in [1.54, 1.807) is 35.6 Å². The molecule has 1 atom stereocenters. The molecule has 4 aromatic heterocycles. The van der Waals surface area contributed by atoms with Gasteiger partial charge in [0.15, 0.2) is 28.5 Å². The van der Waals surface area contributed by atoms with E-state index in [1.165, 1.54) is 18.5 Å². The van der Waals surface area contributed by atoms with Crippen molar-refractivity contribution >= 4 is 45.7 Å². The maximum absolute atomic E-state index is 13.7. The molecule has 1 fully saturated rings. The number of likely N-dealkylation sites (tertiary alicyclic amines) is 1. The first kappa shape index (κ1) is 26.9. The van der Waals surface area contributed by atoms with Crippen molar-refractivity contribution in [3.63, 3.8) is 0 Å². The number of benzene rings is 1. The summed E-state index contributed by atoms with van der Waals surface area (Å²) in [5.74, 6) is 1.55. The van der Waals surface area contributed by atoms with E-state index in [0.717, 1.165) is 25.1 Å². The molecule has 0 radical (unpaired) electrons. The van der Waals surface area contributed by atoms with E-state index in [-0.39, 0.29) is 39.9 Å². The van der Waals surface area contributed by atoms with Crippen LogP contribution in [0.15, 0.2) is 43.0 Å². The van der Waals surface area contributed by atoms with Gasteiger partial charge in [-0.3, -0.25) is 0 Å². The van der Waals surface area contributed by atoms with E-state index in [0.29, 0.717) is 29.1 Å². The van der Waals surface area contributed by atoms with Gasteiger partial charge in [0.25, 0.3) is 0 Å². The summed E-state index contributed by atoms with van der Waals surface area (Å²) in [4.78, 5) is 15.2. The van der Waals surface area contributed by atoms with Crippen molar-refractivity contribution in [2.24, 2.45) is 7.05 Å². The van der Waals surface area contributed by atoms with Crippen LogP contribution in [0.5, 0.6) is 17.2 Å². The van der Waals surface area contributed by atoms with E-state index >= 15 is 0 Å². The van der Waals surface area contributed by atoms with Crippen LogP contribution in [-0.4, -0.2) is 67.3 Å². The van der Waals surface area contributed by atoms with Crippen molar-refractivity contribution in [1.82, 2.24) is 34.0 Å². The summed E-state index contributed by atoms with van der Waals surface area (Å²) in [6.45, 7) is 1.46. The molecule has 214 valence electrons. The number of rotatable bonds is 7. The molecule has 1 aliphatic heterocycles. The molecular weight excluding hydrogens is 563 g/mol. The molecule has 6 rings (SSSR count). The molecule has 0 spiro atoms. The number of likely N-dealkylation sites (N-methyl/N-ethyl adjacent to an activating group) is 1. The molecule has 1 aromatic carbocycles. The normalized spacial score (nSPS) is 16.0. The number of alkyl halides is 3. The molecule has 5 heterocycles. The van der Waals surface area contributed by atoms with Gasteiger partial charge in [-0.1, -0.05) is 11.6 Å². The number of anilines is 3. The summed E-state index contributed by atoms with van der Waals surface area (Å²) in [5, 5.41) is 10.5. The van der Waals surface area contributed by atoms with Gasteiger partial charge in [-0.05, 0) is 25.6 Å². The van der Waals surface area contributed by atoms with Crippen LogP contribution in [0, 0.1) is 0 Å².